The third kappa shape index (κ3) is 5.24. The lowest BCUT2D eigenvalue weighted by Crippen LogP contribution is -1.84. The Bertz CT molecular complexity index is 265. The van der Waals surface area contributed by atoms with Gasteiger partial charge in [-0.1, -0.05) is 51.9 Å². The molecule has 0 bridgehead atoms. The highest BCUT2D eigenvalue weighted by molar-refractivity contribution is 5.20. The van der Waals surface area contributed by atoms with E-state index in [4.69, 9.17) is 4.42 Å². The van der Waals surface area contributed by atoms with Crippen molar-refractivity contribution in [1.29, 1.82) is 0 Å². The van der Waals surface area contributed by atoms with Crippen LogP contribution in [-0.4, -0.2) is 5.11 Å². The van der Waals surface area contributed by atoms with Crippen molar-refractivity contribution in [1.82, 2.24) is 0 Å². The molecule has 1 aromatic rings. The van der Waals surface area contributed by atoms with E-state index in [0.717, 1.165) is 18.4 Å². The molecule has 0 unspecified atom stereocenters. The molecule has 0 atom stereocenters. The molecule has 1 aromatic heterocycles. The van der Waals surface area contributed by atoms with Crippen molar-refractivity contribution in [2.24, 2.45) is 0 Å². The van der Waals surface area contributed by atoms with Crippen LogP contribution in [0.3, 0.4) is 0 Å². The van der Waals surface area contributed by atoms with Gasteiger partial charge >= 0.3 is 0 Å². The Morgan fingerprint density at radius 3 is 2.19 bits per heavy atom. The number of rotatable bonds is 9. The summed E-state index contributed by atoms with van der Waals surface area (Å²) >= 11 is 0. The van der Waals surface area contributed by atoms with Crippen LogP contribution in [0.1, 0.15) is 63.9 Å². The summed E-state index contributed by atoms with van der Waals surface area (Å²) in [5.41, 5.74) is 0.950. The van der Waals surface area contributed by atoms with E-state index in [1.165, 1.54) is 44.9 Å². The fraction of sp³-hybridized carbons (Fsp3) is 0.714. The maximum Gasteiger partial charge on any atom is 0.285 e. The average Bonchev–Trinajstić information content (AvgIpc) is 2.68. The second-order valence-electron chi connectivity index (χ2n) is 4.48. The molecule has 0 aliphatic rings. The Kier molecular flexibility index (Phi) is 6.78. The highest BCUT2D eigenvalue weighted by Gasteiger charge is 2.02. The summed E-state index contributed by atoms with van der Waals surface area (Å²) in [5, 5.41) is 9.28. The number of hydrogen-bond donors (Lipinski definition) is 1. The number of aromatic hydroxyl groups is 1. The molecule has 2 nitrogen and oxygen atoms in total. The van der Waals surface area contributed by atoms with Crippen molar-refractivity contribution in [2.75, 3.05) is 0 Å². The van der Waals surface area contributed by atoms with Crippen LogP contribution in [0.5, 0.6) is 5.95 Å². The summed E-state index contributed by atoms with van der Waals surface area (Å²) in [6.45, 7) is 2.25. The maximum absolute atomic E-state index is 9.28. The Balaban J connectivity index is 1.91. The molecule has 0 aliphatic heterocycles. The number of hydrogen-bond acceptors (Lipinski definition) is 2. The van der Waals surface area contributed by atoms with Crippen molar-refractivity contribution < 1.29 is 9.52 Å². The summed E-state index contributed by atoms with van der Waals surface area (Å²) in [4.78, 5) is 0. The van der Waals surface area contributed by atoms with Crippen molar-refractivity contribution in [3.8, 4) is 5.95 Å². The van der Waals surface area contributed by atoms with Gasteiger partial charge in [0.2, 0.25) is 0 Å². The molecule has 2 heteroatoms. The van der Waals surface area contributed by atoms with Crippen molar-refractivity contribution in [2.45, 2.75) is 64.7 Å². The molecule has 0 radical (unpaired) electrons. The van der Waals surface area contributed by atoms with Crippen molar-refractivity contribution in [3.05, 3.63) is 17.9 Å². The summed E-state index contributed by atoms with van der Waals surface area (Å²) < 4.78 is 4.84. The Morgan fingerprint density at radius 2 is 1.62 bits per heavy atom. The molecular weight excluding hydrogens is 200 g/mol. The monoisotopic (exact) mass is 224 g/mol. The smallest absolute Gasteiger partial charge is 0.285 e. The normalized spacial score (nSPS) is 10.8. The Labute approximate surface area is 98.7 Å². The number of furan rings is 1. The Morgan fingerprint density at radius 1 is 1.00 bits per heavy atom. The van der Waals surface area contributed by atoms with Crippen LogP contribution < -0.4 is 0 Å². The highest BCUT2D eigenvalue weighted by Crippen LogP contribution is 2.20. The molecule has 92 valence electrons. The lowest BCUT2D eigenvalue weighted by atomic mass is 10.1. The molecule has 0 saturated carbocycles. The van der Waals surface area contributed by atoms with E-state index >= 15 is 0 Å². The fourth-order valence-corrected chi connectivity index (χ4v) is 1.97. The van der Waals surface area contributed by atoms with Crippen LogP contribution >= 0.6 is 0 Å². The summed E-state index contributed by atoms with van der Waals surface area (Å²) in [5.74, 6) is 0.0999. The minimum absolute atomic E-state index is 0.0999. The van der Waals surface area contributed by atoms with Crippen molar-refractivity contribution in [3.63, 3.8) is 0 Å². The zero-order valence-corrected chi connectivity index (χ0v) is 10.4. The van der Waals surface area contributed by atoms with E-state index in [2.05, 4.69) is 6.92 Å². The number of aryl methyl sites for hydroxylation is 1. The van der Waals surface area contributed by atoms with Gasteiger partial charge in [0.05, 0.1) is 6.26 Å². The maximum atomic E-state index is 9.28. The van der Waals surface area contributed by atoms with Gasteiger partial charge in [-0.25, -0.2) is 0 Å². The van der Waals surface area contributed by atoms with Crippen LogP contribution in [0.15, 0.2) is 16.7 Å². The van der Waals surface area contributed by atoms with Gasteiger partial charge in [-0.05, 0) is 18.9 Å². The first-order chi connectivity index (χ1) is 7.84. The molecule has 0 aliphatic carbocycles. The van der Waals surface area contributed by atoms with Crippen LogP contribution in [-0.2, 0) is 6.42 Å². The number of unbranched alkanes of at least 4 members (excludes halogenated alkanes) is 7. The first-order valence-electron chi connectivity index (χ1n) is 6.60. The van der Waals surface area contributed by atoms with Gasteiger partial charge in [0.25, 0.3) is 5.95 Å². The second-order valence-corrected chi connectivity index (χ2v) is 4.48. The summed E-state index contributed by atoms with van der Waals surface area (Å²) in [7, 11) is 0. The van der Waals surface area contributed by atoms with Gasteiger partial charge in [0.1, 0.15) is 0 Å². The van der Waals surface area contributed by atoms with Gasteiger partial charge in [-0.15, -0.1) is 0 Å². The Hall–Kier alpha value is -0.920. The van der Waals surface area contributed by atoms with Gasteiger partial charge in [-0.3, -0.25) is 0 Å². The van der Waals surface area contributed by atoms with Crippen LogP contribution in [0, 0.1) is 0 Å². The van der Waals surface area contributed by atoms with E-state index in [9.17, 15) is 5.11 Å². The first kappa shape index (κ1) is 13.1. The van der Waals surface area contributed by atoms with Gasteiger partial charge < -0.3 is 9.52 Å². The zero-order valence-electron chi connectivity index (χ0n) is 10.4. The molecule has 0 spiro atoms. The van der Waals surface area contributed by atoms with E-state index in [0.29, 0.717) is 0 Å². The van der Waals surface area contributed by atoms with Crippen LogP contribution in [0.4, 0.5) is 0 Å². The molecule has 0 fully saturated rings. The predicted molar refractivity (Wildman–Crippen MR) is 66.7 cm³/mol. The SMILES string of the molecule is CCCCCCCCCCc1ccoc1O. The molecule has 0 saturated heterocycles. The van der Waals surface area contributed by atoms with E-state index in [-0.39, 0.29) is 5.95 Å². The first-order valence-corrected chi connectivity index (χ1v) is 6.60. The van der Waals surface area contributed by atoms with E-state index in [1.807, 2.05) is 6.07 Å². The summed E-state index contributed by atoms with van der Waals surface area (Å²) in [6, 6.07) is 1.86. The molecular formula is C14H24O2. The quantitative estimate of drug-likeness (QED) is 0.618. The molecule has 1 N–H and O–H groups in total. The minimum Gasteiger partial charge on any atom is -0.481 e. The van der Waals surface area contributed by atoms with Crippen LogP contribution in [0.2, 0.25) is 0 Å². The fourth-order valence-electron chi connectivity index (χ4n) is 1.97. The van der Waals surface area contributed by atoms with Gasteiger partial charge in [0, 0.05) is 5.56 Å². The van der Waals surface area contributed by atoms with Gasteiger partial charge in [0.15, 0.2) is 0 Å². The predicted octanol–water partition coefficient (Wildman–Crippen LogP) is 4.67. The topological polar surface area (TPSA) is 33.4 Å². The summed E-state index contributed by atoms with van der Waals surface area (Å²) in [6.07, 6.45) is 13.1. The third-order valence-corrected chi connectivity index (χ3v) is 3.02. The largest absolute Gasteiger partial charge is 0.481 e. The standard InChI is InChI=1S/C14H24O2/c1-2-3-4-5-6-7-8-9-10-13-11-12-16-14(13)15/h11-12,15H,2-10H2,1H3. The lowest BCUT2D eigenvalue weighted by Gasteiger charge is -2.01. The van der Waals surface area contributed by atoms with Crippen molar-refractivity contribution >= 4 is 0 Å². The minimum atomic E-state index is 0.0999. The molecule has 1 rings (SSSR count). The van der Waals surface area contributed by atoms with Gasteiger partial charge in [-0.2, -0.15) is 0 Å². The molecule has 0 amide bonds. The van der Waals surface area contributed by atoms with Crippen LogP contribution in [0.25, 0.3) is 0 Å². The van der Waals surface area contributed by atoms with E-state index in [1.54, 1.807) is 6.26 Å². The second kappa shape index (κ2) is 8.26. The molecule has 16 heavy (non-hydrogen) atoms. The molecule has 0 aromatic carbocycles. The molecule has 1 heterocycles. The van der Waals surface area contributed by atoms with E-state index < -0.39 is 0 Å². The highest BCUT2D eigenvalue weighted by atomic mass is 16.5. The third-order valence-electron chi connectivity index (χ3n) is 3.02. The lowest BCUT2D eigenvalue weighted by molar-refractivity contribution is 0.327. The average molecular weight is 224 g/mol. The zero-order chi connectivity index (χ0) is 11.6.